The molecule has 31 heavy (non-hydrogen) atoms. The Morgan fingerprint density at radius 3 is 2.42 bits per heavy atom. The van der Waals surface area contributed by atoms with Crippen LogP contribution in [0.1, 0.15) is 59.8 Å². The number of pyridine rings is 1. The van der Waals surface area contributed by atoms with Crippen LogP contribution in [0, 0.1) is 40.5 Å². The maximum atomic E-state index is 12.8. The van der Waals surface area contributed by atoms with E-state index in [0.717, 1.165) is 66.4 Å². The van der Waals surface area contributed by atoms with Gasteiger partial charge in [0.2, 0.25) is 5.91 Å². The Kier molecular flexibility index (Phi) is 5.87. The summed E-state index contributed by atoms with van der Waals surface area (Å²) >= 11 is 0. The Morgan fingerprint density at radius 1 is 1.03 bits per heavy atom. The molecule has 0 bridgehead atoms. The molecule has 1 amide bonds. The topological polar surface area (TPSA) is 51.0 Å². The number of nitrogens with zero attached hydrogens (tertiary/aromatic N) is 4. The summed E-state index contributed by atoms with van der Waals surface area (Å²) in [6, 6.07) is 6.40. The molecule has 5 heteroatoms. The number of aromatic nitrogens is 3. The average Bonchev–Trinajstić information content (AvgIpc) is 3.06. The summed E-state index contributed by atoms with van der Waals surface area (Å²) in [7, 11) is 0. The van der Waals surface area contributed by atoms with Gasteiger partial charge in [0.15, 0.2) is 5.65 Å². The van der Waals surface area contributed by atoms with Gasteiger partial charge in [0.1, 0.15) is 0 Å². The third kappa shape index (κ3) is 4.10. The second kappa shape index (κ2) is 8.45. The van der Waals surface area contributed by atoms with Crippen LogP contribution in [0.3, 0.4) is 0 Å². The van der Waals surface area contributed by atoms with Crippen LogP contribution in [0.5, 0.6) is 0 Å². The van der Waals surface area contributed by atoms with Crippen LogP contribution in [0.2, 0.25) is 0 Å². The maximum absolute atomic E-state index is 12.8. The molecule has 1 aliphatic heterocycles. The fourth-order valence-electron chi connectivity index (χ4n) is 4.76. The molecular weight excluding hydrogens is 384 g/mol. The van der Waals surface area contributed by atoms with Crippen LogP contribution in [-0.4, -0.2) is 38.7 Å². The lowest BCUT2D eigenvalue weighted by Crippen LogP contribution is -2.38. The number of fused-ring (bicyclic) bond motifs is 1. The normalized spacial score (nSPS) is 15.1. The van der Waals surface area contributed by atoms with E-state index in [1.807, 2.05) is 16.5 Å². The summed E-state index contributed by atoms with van der Waals surface area (Å²) in [5.41, 5.74) is 8.82. The third-order valence-electron chi connectivity index (χ3n) is 7.03. The molecule has 5 nitrogen and oxygen atoms in total. The Balaban J connectivity index is 1.63. The number of likely N-dealkylation sites (tertiary alicyclic amines) is 1. The van der Waals surface area contributed by atoms with Gasteiger partial charge in [-0.1, -0.05) is 13.0 Å². The molecule has 0 radical (unpaired) electrons. The fraction of sp³-hybridized carbons (Fsp3) is 0.500. The Hall–Kier alpha value is -2.69. The van der Waals surface area contributed by atoms with Gasteiger partial charge in [-0.3, -0.25) is 4.79 Å². The molecule has 1 saturated heterocycles. The molecule has 0 unspecified atom stereocenters. The number of piperidine rings is 1. The van der Waals surface area contributed by atoms with Gasteiger partial charge >= 0.3 is 0 Å². The number of rotatable bonds is 4. The minimum absolute atomic E-state index is 0.272. The van der Waals surface area contributed by atoms with Crippen LogP contribution >= 0.6 is 0 Å². The molecule has 1 fully saturated rings. The van der Waals surface area contributed by atoms with Crippen molar-refractivity contribution in [3.63, 3.8) is 0 Å². The monoisotopic (exact) mass is 418 g/mol. The first-order valence-corrected chi connectivity index (χ1v) is 11.5. The summed E-state index contributed by atoms with van der Waals surface area (Å²) in [6.45, 7) is 14.6. The number of hydrogen-bond acceptors (Lipinski definition) is 3. The fourth-order valence-corrected chi connectivity index (χ4v) is 4.76. The molecule has 2 aromatic heterocycles. The Morgan fingerprint density at radius 2 is 1.74 bits per heavy atom. The van der Waals surface area contributed by atoms with Crippen molar-refractivity contribution in [3.8, 4) is 5.69 Å². The standard InChI is InChI=1S/C26H34N4O/c1-16-11-13-29(14-12-16)24(31)10-9-23-19(4)25-21(6)28-30(26(25)27-20(23)5)22-8-7-17(2)18(3)15-22/h7-8,15-16H,9-14H2,1-6H3. The van der Waals surface area contributed by atoms with E-state index in [1.54, 1.807) is 0 Å². The highest BCUT2D eigenvalue weighted by Gasteiger charge is 2.22. The molecule has 0 saturated carbocycles. The van der Waals surface area contributed by atoms with Crippen molar-refractivity contribution < 1.29 is 4.79 Å². The zero-order valence-corrected chi connectivity index (χ0v) is 19.7. The molecule has 4 rings (SSSR count). The smallest absolute Gasteiger partial charge is 0.222 e. The lowest BCUT2D eigenvalue weighted by molar-refractivity contribution is -0.132. The maximum Gasteiger partial charge on any atom is 0.222 e. The van der Waals surface area contributed by atoms with E-state index in [9.17, 15) is 4.79 Å². The van der Waals surface area contributed by atoms with E-state index in [4.69, 9.17) is 10.1 Å². The van der Waals surface area contributed by atoms with Gasteiger partial charge in [0, 0.05) is 30.6 Å². The molecular formula is C26H34N4O. The van der Waals surface area contributed by atoms with Crippen molar-refractivity contribution in [3.05, 3.63) is 51.8 Å². The van der Waals surface area contributed by atoms with Crippen LogP contribution in [0.15, 0.2) is 18.2 Å². The number of aryl methyl sites for hydroxylation is 5. The first kappa shape index (κ1) is 21.5. The number of carbonyl (C=O) groups is 1. The van der Waals surface area contributed by atoms with Crippen LogP contribution < -0.4 is 0 Å². The zero-order valence-electron chi connectivity index (χ0n) is 19.7. The molecule has 1 aliphatic rings. The molecule has 0 N–H and O–H groups in total. The quantitative estimate of drug-likeness (QED) is 0.588. The molecule has 1 aromatic carbocycles. The number of carbonyl (C=O) groups excluding carboxylic acids is 1. The van der Waals surface area contributed by atoms with Crippen molar-refractivity contribution in [2.75, 3.05) is 13.1 Å². The molecule has 0 atom stereocenters. The number of amides is 1. The summed E-state index contributed by atoms with van der Waals surface area (Å²) in [6.07, 6.45) is 3.52. The van der Waals surface area contributed by atoms with E-state index < -0.39 is 0 Å². The minimum Gasteiger partial charge on any atom is -0.343 e. The summed E-state index contributed by atoms with van der Waals surface area (Å²) in [5, 5.41) is 5.94. The van der Waals surface area contributed by atoms with E-state index in [0.29, 0.717) is 6.42 Å². The van der Waals surface area contributed by atoms with Crippen molar-refractivity contribution in [1.29, 1.82) is 0 Å². The number of benzene rings is 1. The average molecular weight is 419 g/mol. The van der Waals surface area contributed by atoms with Gasteiger partial charge in [-0.15, -0.1) is 0 Å². The Labute approximate surface area is 185 Å². The highest BCUT2D eigenvalue weighted by Crippen LogP contribution is 2.29. The second-order valence-electron chi connectivity index (χ2n) is 9.33. The van der Waals surface area contributed by atoms with Crippen LogP contribution in [0.25, 0.3) is 16.7 Å². The highest BCUT2D eigenvalue weighted by atomic mass is 16.2. The lowest BCUT2D eigenvalue weighted by Gasteiger charge is -2.30. The van der Waals surface area contributed by atoms with Crippen molar-refractivity contribution in [1.82, 2.24) is 19.7 Å². The van der Waals surface area contributed by atoms with Gasteiger partial charge < -0.3 is 4.90 Å². The van der Waals surface area contributed by atoms with Crippen molar-refractivity contribution >= 4 is 16.9 Å². The molecule has 3 heterocycles. The lowest BCUT2D eigenvalue weighted by atomic mass is 9.97. The first-order chi connectivity index (χ1) is 14.8. The van der Waals surface area contributed by atoms with E-state index in [-0.39, 0.29) is 5.91 Å². The third-order valence-corrected chi connectivity index (χ3v) is 7.03. The van der Waals surface area contributed by atoms with E-state index in [1.165, 1.54) is 22.3 Å². The SMILES string of the molecule is Cc1ccc(-n2nc(C)c3c(C)c(CCC(=O)N4CCC(C)CC4)c(C)nc32)cc1C. The minimum atomic E-state index is 0.272. The highest BCUT2D eigenvalue weighted by molar-refractivity contribution is 5.85. The second-order valence-corrected chi connectivity index (χ2v) is 9.33. The summed E-state index contributed by atoms with van der Waals surface area (Å²) in [4.78, 5) is 19.8. The first-order valence-electron chi connectivity index (χ1n) is 11.5. The van der Waals surface area contributed by atoms with Gasteiger partial charge in [-0.2, -0.15) is 5.10 Å². The van der Waals surface area contributed by atoms with Gasteiger partial charge in [-0.25, -0.2) is 9.67 Å². The largest absolute Gasteiger partial charge is 0.343 e. The van der Waals surface area contributed by atoms with E-state index in [2.05, 4.69) is 52.8 Å². The molecule has 0 aliphatic carbocycles. The summed E-state index contributed by atoms with van der Waals surface area (Å²) < 4.78 is 1.96. The van der Waals surface area contributed by atoms with Gasteiger partial charge in [0.25, 0.3) is 0 Å². The van der Waals surface area contributed by atoms with Crippen molar-refractivity contribution in [2.24, 2.45) is 5.92 Å². The van der Waals surface area contributed by atoms with E-state index >= 15 is 0 Å². The van der Waals surface area contributed by atoms with Crippen LogP contribution in [0.4, 0.5) is 0 Å². The number of hydrogen-bond donors (Lipinski definition) is 0. The van der Waals surface area contributed by atoms with Crippen LogP contribution in [-0.2, 0) is 11.2 Å². The van der Waals surface area contributed by atoms with Gasteiger partial charge in [-0.05, 0) is 94.2 Å². The zero-order chi connectivity index (χ0) is 22.3. The van der Waals surface area contributed by atoms with Gasteiger partial charge in [0.05, 0.1) is 11.4 Å². The summed E-state index contributed by atoms with van der Waals surface area (Å²) in [5.74, 6) is 1.00. The Bertz CT molecular complexity index is 1140. The molecule has 3 aromatic rings. The predicted molar refractivity (Wildman–Crippen MR) is 126 cm³/mol. The molecule has 0 spiro atoms. The predicted octanol–water partition coefficient (Wildman–Crippen LogP) is 5.15. The van der Waals surface area contributed by atoms with Crippen molar-refractivity contribution in [2.45, 2.75) is 67.2 Å². The molecule has 164 valence electrons.